The van der Waals surface area contributed by atoms with Crippen molar-refractivity contribution in [2.45, 2.75) is 87.5 Å². The van der Waals surface area contributed by atoms with Gasteiger partial charge in [0, 0.05) is 105 Å². The molecule has 0 bridgehead atoms. The van der Waals surface area contributed by atoms with Gasteiger partial charge in [0.2, 0.25) is 29.6 Å². The number of benzene rings is 4. The summed E-state index contributed by atoms with van der Waals surface area (Å²) in [6.45, 7) is 0.656. The molecule has 1 saturated carbocycles. The highest BCUT2D eigenvalue weighted by Crippen LogP contribution is 2.66. The summed E-state index contributed by atoms with van der Waals surface area (Å²) in [5.41, 5.74) is 16.7. The van der Waals surface area contributed by atoms with Crippen LogP contribution in [0.2, 0.25) is 0 Å². The summed E-state index contributed by atoms with van der Waals surface area (Å²) in [6, 6.07) is 20.9. The van der Waals surface area contributed by atoms with Crippen LogP contribution in [0.25, 0.3) is 33.0 Å². The van der Waals surface area contributed by atoms with E-state index in [1.54, 1.807) is 41.3 Å². The molecule has 3 unspecified atom stereocenters. The van der Waals surface area contributed by atoms with Crippen molar-refractivity contribution in [1.29, 1.82) is 5.41 Å². The number of piperidine rings is 1. The number of fused-ring (bicyclic) bond motifs is 4. The molecule has 8 aromatic rings. The van der Waals surface area contributed by atoms with Crippen LogP contribution in [0.3, 0.4) is 0 Å². The first-order chi connectivity index (χ1) is 48.4. The van der Waals surface area contributed by atoms with Gasteiger partial charge < -0.3 is 78.9 Å². The molecule has 1 aliphatic heterocycles. The van der Waals surface area contributed by atoms with Crippen LogP contribution in [-0.4, -0.2) is 170 Å². The number of amides is 6. The maximum absolute atomic E-state index is 14.0. The number of Topliss-reactive ketones (excluding diaryl/α,β-unsaturated/α-hetero) is 1. The van der Waals surface area contributed by atoms with Gasteiger partial charge in [0.15, 0.2) is 28.7 Å². The number of ketones is 2. The number of nitrogens with one attached hydrogen (secondary N) is 11. The van der Waals surface area contributed by atoms with E-state index in [9.17, 15) is 72.9 Å². The number of guanidine groups is 1. The number of carboxylic acids is 3. The van der Waals surface area contributed by atoms with Gasteiger partial charge in [0.05, 0.1) is 30.6 Å². The lowest BCUT2D eigenvalue weighted by molar-refractivity contribution is -0.143. The molecule has 6 amide bonds. The number of hydrogen-bond donors (Lipinski definition) is 16. The molecule has 0 radical (unpaired) electrons. The number of likely N-dealkylation sites (tertiary alicyclic amines) is 1. The third-order valence-corrected chi connectivity index (χ3v) is 19.7. The second-order valence-corrected chi connectivity index (χ2v) is 26.9. The predicted octanol–water partition coefficient (Wildman–Crippen LogP) is 3.44. The van der Waals surface area contributed by atoms with Crippen molar-refractivity contribution in [3.8, 4) is 0 Å². The average molecular weight is 1410 g/mol. The third-order valence-electron chi connectivity index (χ3n) is 17.3. The van der Waals surface area contributed by atoms with Gasteiger partial charge in [0.1, 0.15) is 29.9 Å². The number of aromatic amines is 3. The molecule has 2 fully saturated rings. The zero-order valence-corrected chi connectivity index (χ0v) is 55.1. The van der Waals surface area contributed by atoms with Crippen LogP contribution in [0, 0.1) is 11.3 Å². The van der Waals surface area contributed by atoms with Crippen molar-refractivity contribution in [2.24, 2.45) is 11.7 Å². The van der Waals surface area contributed by atoms with Gasteiger partial charge in [-0.1, -0.05) is 51.9 Å². The summed E-state index contributed by atoms with van der Waals surface area (Å²) < 4.78 is 0. The van der Waals surface area contributed by atoms with Crippen LogP contribution in [-0.2, 0) is 51.9 Å². The number of nitrogen functional groups attached to an aromatic ring is 1. The number of nitrogens with two attached hydrogens (primary N) is 2. The Morgan fingerprint density at radius 3 is 2.19 bits per heavy atom. The van der Waals surface area contributed by atoms with Crippen molar-refractivity contribution in [3.63, 3.8) is 0 Å². The predicted molar refractivity (Wildman–Crippen MR) is 372 cm³/mol. The number of rotatable bonds is 32. The van der Waals surface area contributed by atoms with Gasteiger partial charge in [-0.15, -0.1) is 0 Å². The van der Waals surface area contributed by atoms with Gasteiger partial charge >= 0.3 is 17.9 Å². The van der Waals surface area contributed by atoms with Gasteiger partial charge in [-0.25, -0.2) is 19.6 Å². The zero-order valence-electron chi connectivity index (χ0n) is 53.5. The summed E-state index contributed by atoms with van der Waals surface area (Å²) in [6.07, 6.45) is 1.75. The smallest absolute Gasteiger partial charge is 0.327 e. The van der Waals surface area contributed by atoms with Gasteiger partial charge in [0.25, 0.3) is 17.4 Å². The Balaban J connectivity index is 0.618. The highest BCUT2D eigenvalue weighted by Gasteiger charge is 2.67. The SMILES string of the molecule is N=C(N)NCCC[C@@H](NC(=O)CC[C@@H](NC(=O)c1ccc(NCc2cnc3nc(N)[nH]c(=O)c3n2)cc1)C(=O)O)C(=O)N[C@H](CC(=O)O)C(=O)NC(CSSCCC(=O)Nc1ccc2[nH]c(C(=O)Cc3ccc4[nH]c(C(=O)N5CC6CC67C5=CC(=O)c5ccccc57)cc4c3)cc2c1)C(=O)O. The van der Waals surface area contributed by atoms with Crippen LogP contribution in [0.1, 0.15) is 103 Å². The van der Waals surface area contributed by atoms with E-state index in [1.165, 1.54) is 30.5 Å². The molecular formula is C67H67N17O15S2. The Hall–Kier alpha value is -11.9. The topological polar surface area (TPSA) is 515 Å². The molecule has 522 valence electrons. The Labute approximate surface area is 579 Å². The van der Waals surface area contributed by atoms with E-state index in [0.717, 1.165) is 44.7 Å². The zero-order chi connectivity index (χ0) is 71.8. The number of aromatic nitrogens is 6. The van der Waals surface area contributed by atoms with Gasteiger partial charge in [-0.2, -0.15) is 4.98 Å². The van der Waals surface area contributed by atoms with Crippen LogP contribution in [0.4, 0.5) is 17.3 Å². The molecule has 3 aliphatic rings. The Bertz CT molecular complexity index is 4790. The monoisotopic (exact) mass is 1410 g/mol. The van der Waals surface area contributed by atoms with Crippen LogP contribution in [0.5, 0.6) is 0 Å². The molecule has 18 N–H and O–H groups in total. The molecule has 11 rings (SSSR count). The number of hydrogen-bond acceptors (Lipinski definition) is 20. The summed E-state index contributed by atoms with van der Waals surface area (Å²) >= 11 is 0. The first kappa shape index (κ1) is 70.4. The Morgan fingerprint density at radius 2 is 1.44 bits per heavy atom. The van der Waals surface area contributed by atoms with E-state index in [2.05, 4.69) is 67.1 Å². The van der Waals surface area contributed by atoms with Crippen molar-refractivity contribution in [1.82, 2.24) is 61.4 Å². The normalized spacial score (nSPS) is 16.1. The Morgan fingerprint density at radius 1 is 0.733 bits per heavy atom. The average Bonchev–Trinajstić information content (AvgIpc) is 1.50. The molecule has 1 saturated heterocycles. The minimum atomic E-state index is -1.87. The van der Waals surface area contributed by atoms with Crippen LogP contribution in [0.15, 0.2) is 120 Å². The molecule has 34 heteroatoms. The lowest BCUT2D eigenvalue weighted by Crippen LogP contribution is -2.56. The summed E-state index contributed by atoms with van der Waals surface area (Å²) in [4.78, 5) is 179. The standard InChI is InChI=1S/C67H67N17O15S2/c68-65(69)71-18-3-6-44(78-53(87)16-15-45(63(96)97)79-58(91)33-8-10-37(11-9-33)72-28-39-29-73-57-56(75-39)61(94)83-66(70)82-57)59(92)80-47(25-55(89)90)60(93)81-49(64(98)99)31-101-100-19-17-54(88)74-38-12-14-43-35(22-38)23-46(76-43)51(86)21-32-7-13-42-34(20-32)24-48(77-42)62(95)84-30-36-27-67(36)41-5-2-1-4-40(41)50(85)26-52(67)84/h1-2,4-5,7-14,20,22-24,26,29,36,44-45,47,49,72,76-77H,3,6,15-19,21,25,27-28,30-31H2,(H,74,88)(H,78,87)(H,79,91)(H,80,92)(H,81,93)(H,89,90)(H,96,97)(H,98,99)(H4,68,69,71)(H3,70,73,82,83,94)/t36?,44-,45-,47-,49?,67?/m1/s1. The Kier molecular flexibility index (Phi) is 21.2. The number of carbonyl (C=O) groups excluding carboxylic acids is 8. The highest BCUT2D eigenvalue weighted by molar-refractivity contribution is 8.76. The second kappa shape index (κ2) is 30.4. The molecule has 1 spiro atoms. The van der Waals surface area contributed by atoms with E-state index < -0.39 is 96.5 Å². The molecular weight excluding hydrogens is 1350 g/mol. The quantitative estimate of drug-likeness (QED) is 0.00944. The van der Waals surface area contributed by atoms with E-state index in [-0.39, 0.29) is 108 Å². The van der Waals surface area contributed by atoms with E-state index >= 15 is 0 Å². The molecule has 2 aliphatic carbocycles. The number of carboxylic acid groups (broad SMARTS) is 3. The number of anilines is 3. The molecule has 4 aromatic heterocycles. The van der Waals surface area contributed by atoms with Crippen molar-refractivity contribution in [2.75, 3.05) is 41.0 Å². The molecule has 5 heterocycles. The second-order valence-electron chi connectivity index (χ2n) is 24.3. The van der Waals surface area contributed by atoms with E-state index in [4.69, 9.17) is 16.9 Å². The van der Waals surface area contributed by atoms with Crippen molar-refractivity contribution >= 4 is 143 Å². The third kappa shape index (κ3) is 16.6. The fourth-order valence-corrected chi connectivity index (χ4v) is 14.4. The number of aliphatic carboxylic acids is 3. The minimum absolute atomic E-state index is 0.0203. The summed E-state index contributed by atoms with van der Waals surface area (Å²) in [5.74, 6) is -9.81. The minimum Gasteiger partial charge on any atom is -0.481 e. The van der Waals surface area contributed by atoms with Crippen LogP contribution >= 0.6 is 21.6 Å². The fourth-order valence-electron chi connectivity index (χ4n) is 12.2. The molecule has 4 aromatic carbocycles. The molecule has 32 nitrogen and oxygen atoms in total. The summed E-state index contributed by atoms with van der Waals surface area (Å²) in [7, 11) is 2.11. The first-order valence-corrected chi connectivity index (χ1v) is 34.2. The lowest BCUT2D eigenvalue weighted by Gasteiger charge is -2.29. The fraction of sp³-hybridized carbons (Fsp3) is 0.284. The number of H-pyrrole nitrogens is 3. The highest BCUT2D eigenvalue weighted by atomic mass is 33.1. The maximum Gasteiger partial charge on any atom is 0.327 e. The van der Waals surface area contributed by atoms with Crippen molar-refractivity contribution in [3.05, 3.63) is 165 Å². The van der Waals surface area contributed by atoms with Gasteiger partial charge in [-0.3, -0.25) is 58.3 Å². The van der Waals surface area contributed by atoms with E-state index in [1.807, 2.05) is 42.5 Å². The number of allylic oxidation sites excluding steroid dienone is 2. The van der Waals surface area contributed by atoms with Gasteiger partial charge in [-0.05, 0) is 109 Å². The number of nitrogens with zero attached hydrogens (tertiary/aromatic N) is 4. The van der Waals surface area contributed by atoms with E-state index in [0.29, 0.717) is 62.5 Å². The summed E-state index contributed by atoms with van der Waals surface area (Å²) in [5, 5.41) is 56.3. The van der Waals surface area contributed by atoms with Crippen molar-refractivity contribution < 1.29 is 68.1 Å². The molecule has 101 heavy (non-hydrogen) atoms. The maximum atomic E-state index is 14.0. The lowest BCUT2D eigenvalue weighted by atomic mass is 9.81. The van der Waals surface area contributed by atoms with Crippen LogP contribution < -0.4 is 54.2 Å². The molecule has 6 atom stereocenters. The number of carbonyl (C=O) groups is 11. The largest absolute Gasteiger partial charge is 0.481 e. The first-order valence-electron chi connectivity index (χ1n) is 31.7.